The highest BCUT2D eigenvalue weighted by atomic mass is 19.1. The molecule has 0 saturated heterocycles. The molecule has 4 heteroatoms. The van der Waals surface area contributed by atoms with Crippen LogP contribution in [0.4, 0.5) is 4.39 Å². The average Bonchev–Trinajstić information content (AvgIpc) is 2.68. The average molecular weight is 201 g/mol. The molecule has 2 rings (SSSR count). The molecule has 0 bridgehead atoms. The summed E-state index contributed by atoms with van der Waals surface area (Å²) in [6, 6.07) is 8.10. The second-order valence-electron chi connectivity index (χ2n) is 3.10. The number of benzene rings is 1. The normalized spacial score (nSPS) is 9.87. The molecule has 0 atom stereocenters. The molecule has 0 spiro atoms. The van der Waals surface area contributed by atoms with E-state index in [0.29, 0.717) is 12.1 Å². The van der Waals surface area contributed by atoms with E-state index in [-0.39, 0.29) is 5.82 Å². The van der Waals surface area contributed by atoms with Crippen molar-refractivity contribution < 1.29 is 4.39 Å². The van der Waals surface area contributed by atoms with E-state index in [4.69, 9.17) is 5.26 Å². The SMILES string of the molecule is N#CCc1c[nH]nc1-c1ccc(F)cc1. The Bertz CT molecular complexity index is 493. The van der Waals surface area contributed by atoms with Crippen molar-refractivity contribution in [1.29, 1.82) is 5.26 Å². The van der Waals surface area contributed by atoms with Crippen LogP contribution in [-0.2, 0) is 6.42 Å². The number of nitrogens with one attached hydrogen (secondary N) is 1. The molecule has 15 heavy (non-hydrogen) atoms. The predicted molar refractivity (Wildman–Crippen MR) is 53.3 cm³/mol. The van der Waals surface area contributed by atoms with Gasteiger partial charge in [0, 0.05) is 17.3 Å². The summed E-state index contributed by atoms with van der Waals surface area (Å²) in [6.45, 7) is 0. The zero-order chi connectivity index (χ0) is 10.7. The maximum atomic E-state index is 12.7. The lowest BCUT2D eigenvalue weighted by Crippen LogP contribution is -1.85. The van der Waals surface area contributed by atoms with Crippen molar-refractivity contribution in [1.82, 2.24) is 10.2 Å². The van der Waals surface area contributed by atoms with E-state index in [1.54, 1.807) is 18.3 Å². The second kappa shape index (κ2) is 3.93. The van der Waals surface area contributed by atoms with Crippen LogP contribution in [0.15, 0.2) is 30.5 Å². The van der Waals surface area contributed by atoms with Gasteiger partial charge in [0.15, 0.2) is 0 Å². The highest BCUT2D eigenvalue weighted by molar-refractivity contribution is 5.62. The molecule has 1 aromatic heterocycles. The number of nitriles is 1. The van der Waals surface area contributed by atoms with E-state index < -0.39 is 0 Å². The number of rotatable bonds is 2. The first-order valence-electron chi connectivity index (χ1n) is 4.47. The van der Waals surface area contributed by atoms with Gasteiger partial charge in [0.1, 0.15) is 5.82 Å². The fraction of sp³-hybridized carbons (Fsp3) is 0.0909. The second-order valence-corrected chi connectivity index (χ2v) is 3.10. The molecule has 0 fully saturated rings. The zero-order valence-electron chi connectivity index (χ0n) is 7.87. The third-order valence-corrected chi connectivity index (χ3v) is 2.11. The number of nitrogens with zero attached hydrogens (tertiary/aromatic N) is 2. The lowest BCUT2D eigenvalue weighted by Gasteiger charge is -1.98. The molecule has 0 aliphatic carbocycles. The smallest absolute Gasteiger partial charge is 0.123 e. The molecule has 1 aromatic carbocycles. The maximum absolute atomic E-state index is 12.7. The van der Waals surface area contributed by atoms with Crippen LogP contribution in [-0.4, -0.2) is 10.2 Å². The Morgan fingerprint density at radius 2 is 2.07 bits per heavy atom. The summed E-state index contributed by atoms with van der Waals surface area (Å²) in [5.74, 6) is -0.281. The summed E-state index contributed by atoms with van der Waals surface area (Å²) in [6.07, 6.45) is 1.98. The fourth-order valence-electron chi connectivity index (χ4n) is 1.39. The van der Waals surface area contributed by atoms with Gasteiger partial charge >= 0.3 is 0 Å². The molecule has 3 nitrogen and oxygen atoms in total. The summed E-state index contributed by atoms with van der Waals surface area (Å²) < 4.78 is 12.7. The van der Waals surface area contributed by atoms with Gasteiger partial charge < -0.3 is 0 Å². The monoisotopic (exact) mass is 201 g/mol. The molecular formula is C11H8FN3. The van der Waals surface area contributed by atoms with Crippen LogP contribution in [0.2, 0.25) is 0 Å². The minimum atomic E-state index is -0.281. The van der Waals surface area contributed by atoms with Gasteiger partial charge in [-0.3, -0.25) is 5.10 Å². The maximum Gasteiger partial charge on any atom is 0.123 e. The van der Waals surface area contributed by atoms with Gasteiger partial charge in [-0.15, -0.1) is 0 Å². The lowest BCUT2D eigenvalue weighted by atomic mass is 10.1. The van der Waals surface area contributed by atoms with Crippen LogP contribution in [0.5, 0.6) is 0 Å². The van der Waals surface area contributed by atoms with E-state index in [2.05, 4.69) is 16.3 Å². The summed E-state index contributed by atoms with van der Waals surface area (Å²) >= 11 is 0. The van der Waals surface area contributed by atoms with E-state index in [1.165, 1.54) is 12.1 Å². The summed E-state index contributed by atoms with van der Waals surface area (Å²) in [4.78, 5) is 0. The molecule has 74 valence electrons. The third kappa shape index (κ3) is 1.86. The Hall–Kier alpha value is -2.15. The molecule has 2 aromatic rings. The van der Waals surface area contributed by atoms with Crippen molar-refractivity contribution in [3.05, 3.63) is 41.8 Å². The van der Waals surface area contributed by atoms with Gasteiger partial charge in [0.05, 0.1) is 18.2 Å². The summed E-state index contributed by atoms with van der Waals surface area (Å²) in [5.41, 5.74) is 2.34. The molecule has 1 heterocycles. The van der Waals surface area contributed by atoms with E-state index in [9.17, 15) is 4.39 Å². The highest BCUT2D eigenvalue weighted by Crippen LogP contribution is 2.21. The molecule has 1 N–H and O–H groups in total. The third-order valence-electron chi connectivity index (χ3n) is 2.11. The van der Waals surface area contributed by atoms with Crippen molar-refractivity contribution in [2.45, 2.75) is 6.42 Å². The number of H-pyrrole nitrogens is 1. The standard InChI is InChI=1S/C11H8FN3/c12-10-3-1-8(2-4-10)11-9(5-6-13)7-14-15-11/h1-4,7H,5H2,(H,14,15). The van der Waals surface area contributed by atoms with Crippen LogP contribution in [0.25, 0.3) is 11.3 Å². The number of hydrogen-bond donors (Lipinski definition) is 1. The van der Waals surface area contributed by atoms with Gasteiger partial charge in [-0.2, -0.15) is 10.4 Å². The summed E-state index contributed by atoms with van der Waals surface area (Å²) in [7, 11) is 0. The van der Waals surface area contributed by atoms with Crippen molar-refractivity contribution >= 4 is 0 Å². The number of hydrogen-bond acceptors (Lipinski definition) is 2. The van der Waals surface area contributed by atoms with Crippen LogP contribution in [0, 0.1) is 17.1 Å². The molecule has 0 radical (unpaired) electrons. The quantitative estimate of drug-likeness (QED) is 0.810. The number of aromatic nitrogens is 2. The van der Waals surface area contributed by atoms with Crippen LogP contribution < -0.4 is 0 Å². The number of aromatic amines is 1. The molecule has 0 amide bonds. The Labute approximate surface area is 86.2 Å². The molecule has 0 aliphatic heterocycles. The van der Waals surface area contributed by atoms with E-state index >= 15 is 0 Å². The van der Waals surface area contributed by atoms with E-state index in [1.807, 2.05) is 0 Å². The van der Waals surface area contributed by atoms with Gasteiger partial charge in [-0.1, -0.05) is 0 Å². The Kier molecular flexibility index (Phi) is 2.46. The zero-order valence-corrected chi connectivity index (χ0v) is 7.87. The van der Waals surface area contributed by atoms with Crippen LogP contribution in [0.1, 0.15) is 5.56 Å². The largest absolute Gasteiger partial charge is 0.285 e. The fourth-order valence-corrected chi connectivity index (χ4v) is 1.39. The molecule has 0 saturated carbocycles. The Balaban J connectivity index is 2.41. The first-order chi connectivity index (χ1) is 7.31. The first-order valence-corrected chi connectivity index (χ1v) is 4.47. The molecule has 0 aliphatic rings. The van der Waals surface area contributed by atoms with Crippen molar-refractivity contribution in [2.75, 3.05) is 0 Å². The van der Waals surface area contributed by atoms with Crippen molar-refractivity contribution in [3.63, 3.8) is 0 Å². The Morgan fingerprint density at radius 1 is 1.33 bits per heavy atom. The van der Waals surface area contributed by atoms with Crippen molar-refractivity contribution in [3.8, 4) is 17.3 Å². The summed E-state index contributed by atoms with van der Waals surface area (Å²) in [5, 5.41) is 15.3. The predicted octanol–water partition coefficient (Wildman–Crippen LogP) is 2.28. The Morgan fingerprint density at radius 3 is 2.73 bits per heavy atom. The topological polar surface area (TPSA) is 52.5 Å². The minimum absolute atomic E-state index is 0.281. The van der Waals surface area contributed by atoms with Crippen LogP contribution >= 0.6 is 0 Å². The molecule has 0 unspecified atom stereocenters. The molecular weight excluding hydrogens is 193 g/mol. The van der Waals surface area contributed by atoms with Gasteiger partial charge in [-0.05, 0) is 24.3 Å². The highest BCUT2D eigenvalue weighted by Gasteiger charge is 2.07. The van der Waals surface area contributed by atoms with Gasteiger partial charge in [0.25, 0.3) is 0 Å². The minimum Gasteiger partial charge on any atom is -0.285 e. The van der Waals surface area contributed by atoms with Crippen molar-refractivity contribution in [2.24, 2.45) is 0 Å². The van der Waals surface area contributed by atoms with E-state index in [0.717, 1.165) is 11.1 Å². The lowest BCUT2D eigenvalue weighted by molar-refractivity contribution is 0.628. The van der Waals surface area contributed by atoms with Gasteiger partial charge in [0.2, 0.25) is 0 Å². The first kappa shape index (κ1) is 9.41. The van der Waals surface area contributed by atoms with Crippen LogP contribution in [0.3, 0.4) is 0 Å². The number of halogens is 1. The van der Waals surface area contributed by atoms with Gasteiger partial charge in [-0.25, -0.2) is 4.39 Å².